The molecule has 1 saturated heterocycles. The molecule has 0 radical (unpaired) electrons. The van der Waals surface area contributed by atoms with Crippen LogP contribution in [0.4, 0.5) is 5.69 Å². The summed E-state index contributed by atoms with van der Waals surface area (Å²) in [5.41, 5.74) is 4.08. The molecule has 22 heavy (non-hydrogen) atoms. The minimum Gasteiger partial charge on any atom is -0.495 e. The van der Waals surface area contributed by atoms with E-state index in [-0.39, 0.29) is 5.56 Å². The van der Waals surface area contributed by atoms with E-state index < -0.39 is 0 Å². The normalized spacial score (nSPS) is 14.4. The number of methoxy groups -OCH3 is 1. The maximum Gasteiger partial charge on any atom is 0.248 e. The lowest BCUT2D eigenvalue weighted by molar-refractivity contribution is 0.415. The van der Waals surface area contributed by atoms with Gasteiger partial charge < -0.3 is 14.6 Å². The predicted octanol–water partition coefficient (Wildman–Crippen LogP) is 3.21. The second-order valence-corrected chi connectivity index (χ2v) is 5.66. The average Bonchev–Trinajstić information content (AvgIpc) is 3.08. The Morgan fingerprint density at radius 1 is 1.18 bits per heavy atom. The largest absolute Gasteiger partial charge is 0.495 e. The van der Waals surface area contributed by atoms with Crippen LogP contribution < -0.4 is 15.2 Å². The van der Waals surface area contributed by atoms with Gasteiger partial charge in [-0.3, -0.25) is 4.79 Å². The smallest absolute Gasteiger partial charge is 0.248 e. The molecule has 1 N–H and O–H groups in total. The van der Waals surface area contributed by atoms with Crippen molar-refractivity contribution in [1.29, 1.82) is 0 Å². The number of aryl methyl sites for hydroxylation is 1. The highest BCUT2D eigenvalue weighted by atomic mass is 16.5. The SMILES string of the molecule is CCc1ccc(=O)[nH]c1-c1ccc(N2CCCC2)c(OC)c1. The summed E-state index contributed by atoms with van der Waals surface area (Å²) in [6.07, 6.45) is 3.34. The van der Waals surface area contributed by atoms with E-state index in [0.717, 1.165) is 47.8 Å². The molecule has 4 heteroatoms. The number of H-pyrrole nitrogens is 1. The van der Waals surface area contributed by atoms with Crippen molar-refractivity contribution in [2.24, 2.45) is 0 Å². The molecule has 0 spiro atoms. The van der Waals surface area contributed by atoms with Gasteiger partial charge in [0.05, 0.1) is 18.5 Å². The molecule has 2 aromatic rings. The van der Waals surface area contributed by atoms with Crippen molar-refractivity contribution in [1.82, 2.24) is 4.98 Å². The van der Waals surface area contributed by atoms with Crippen molar-refractivity contribution in [2.45, 2.75) is 26.2 Å². The lowest BCUT2D eigenvalue weighted by Crippen LogP contribution is -2.18. The molecule has 1 aromatic heterocycles. The molecule has 1 aliphatic heterocycles. The highest BCUT2D eigenvalue weighted by Crippen LogP contribution is 2.35. The van der Waals surface area contributed by atoms with Gasteiger partial charge in [-0.1, -0.05) is 19.1 Å². The van der Waals surface area contributed by atoms with Crippen molar-refractivity contribution in [3.8, 4) is 17.0 Å². The molecule has 116 valence electrons. The molecule has 1 aromatic carbocycles. The highest BCUT2D eigenvalue weighted by Gasteiger charge is 2.17. The fourth-order valence-corrected chi connectivity index (χ4v) is 3.11. The number of ether oxygens (including phenoxy) is 1. The Morgan fingerprint density at radius 2 is 1.95 bits per heavy atom. The van der Waals surface area contributed by atoms with Crippen LogP contribution in [0.2, 0.25) is 0 Å². The maximum absolute atomic E-state index is 11.7. The van der Waals surface area contributed by atoms with Crippen molar-refractivity contribution in [2.75, 3.05) is 25.1 Å². The van der Waals surface area contributed by atoms with Crippen LogP contribution in [0, 0.1) is 0 Å². The third-order valence-electron chi connectivity index (χ3n) is 4.30. The zero-order valence-corrected chi connectivity index (χ0v) is 13.2. The topological polar surface area (TPSA) is 45.3 Å². The van der Waals surface area contributed by atoms with Gasteiger partial charge in [0, 0.05) is 24.7 Å². The Balaban J connectivity index is 2.05. The molecule has 2 heterocycles. The molecule has 0 unspecified atom stereocenters. The van der Waals surface area contributed by atoms with E-state index in [1.807, 2.05) is 12.1 Å². The molecule has 0 atom stereocenters. The highest BCUT2D eigenvalue weighted by molar-refractivity contribution is 5.71. The van der Waals surface area contributed by atoms with Crippen LogP contribution in [0.5, 0.6) is 5.75 Å². The Labute approximate surface area is 130 Å². The fraction of sp³-hybridized carbons (Fsp3) is 0.389. The quantitative estimate of drug-likeness (QED) is 0.942. The van der Waals surface area contributed by atoms with Gasteiger partial charge in [0.15, 0.2) is 0 Å². The van der Waals surface area contributed by atoms with Crippen molar-refractivity contribution < 1.29 is 4.74 Å². The van der Waals surface area contributed by atoms with Gasteiger partial charge in [0.2, 0.25) is 5.56 Å². The third-order valence-corrected chi connectivity index (χ3v) is 4.30. The van der Waals surface area contributed by atoms with Crippen LogP contribution in [0.25, 0.3) is 11.3 Å². The van der Waals surface area contributed by atoms with E-state index in [2.05, 4.69) is 28.9 Å². The lowest BCUT2D eigenvalue weighted by Gasteiger charge is -2.21. The summed E-state index contributed by atoms with van der Waals surface area (Å²) in [6.45, 7) is 4.25. The van der Waals surface area contributed by atoms with Crippen molar-refractivity contribution >= 4 is 5.69 Å². The molecular weight excluding hydrogens is 276 g/mol. The fourth-order valence-electron chi connectivity index (χ4n) is 3.11. The van der Waals surface area contributed by atoms with Gasteiger partial charge in [-0.25, -0.2) is 0 Å². The van der Waals surface area contributed by atoms with Gasteiger partial charge in [-0.15, -0.1) is 0 Å². The number of aromatic amines is 1. The van der Waals surface area contributed by atoms with E-state index in [9.17, 15) is 4.79 Å². The van der Waals surface area contributed by atoms with Gasteiger partial charge in [0.25, 0.3) is 0 Å². The number of anilines is 1. The van der Waals surface area contributed by atoms with Gasteiger partial charge >= 0.3 is 0 Å². The molecule has 3 rings (SSSR count). The first-order valence-corrected chi connectivity index (χ1v) is 7.88. The molecule has 0 amide bonds. The van der Waals surface area contributed by atoms with E-state index in [0.29, 0.717) is 0 Å². The number of nitrogens with one attached hydrogen (secondary N) is 1. The first-order valence-electron chi connectivity index (χ1n) is 7.88. The van der Waals surface area contributed by atoms with E-state index in [1.54, 1.807) is 13.2 Å². The summed E-state index contributed by atoms with van der Waals surface area (Å²) in [4.78, 5) is 17.0. The molecule has 1 aliphatic rings. The van der Waals surface area contributed by atoms with Crippen LogP contribution in [-0.2, 0) is 6.42 Å². The van der Waals surface area contributed by atoms with Gasteiger partial charge in [-0.2, -0.15) is 0 Å². The van der Waals surface area contributed by atoms with Crippen molar-refractivity contribution in [3.63, 3.8) is 0 Å². The van der Waals surface area contributed by atoms with Crippen LogP contribution in [0.3, 0.4) is 0 Å². The van der Waals surface area contributed by atoms with Crippen LogP contribution in [-0.4, -0.2) is 25.2 Å². The van der Waals surface area contributed by atoms with E-state index in [4.69, 9.17) is 4.74 Å². The minimum atomic E-state index is -0.0743. The number of pyridine rings is 1. The van der Waals surface area contributed by atoms with Crippen molar-refractivity contribution in [3.05, 3.63) is 46.2 Å². The number of aromatic nitrogens is 1. The summed E-state index contributed by atoms with van der Waals surface area (Å²) >= 11 is 0. The van der Waals surface area contributed by atoms with Gasteiger partial charge in [0.1, 0.15) is 5.75 Å². The van der Waals surface area contributed by atoms with E-state index in [1.165, 1.54) is 12.8 Å². The zero-order chi connectivity index (χ0) is 15.5. The number of hydrogen-bond acceptors (Lipinski definition) is 3. The first-order chi connectivity index (χ1) is 10.7. The Bertz CT molecular complexity index is 715. The van der Waals surface area contributed by atoms with Gasteiger partial charge in [-0.05, 0) is 37.0 Å². The molecule has 0 saturated carbocycles. The number of hydrogen-bond donors (Lipinski definition) is 1. The number of nitrogens with zero attached hydrogens (tertiary/aromatic N) is 1. The predicted molar refractivity (Wildman–Crippen MR) is 89.9 cm³/mol. The number of benzene rings is 1. The second kappa shape index (κ2) is 6.26. The summed E-state index contributed by atoms with van der Waals surface area (Å²) < 4.78 is 5.59. The van der Waals surface area contributed by atoms with Crippen LogP contribution in [0.1, 0.15) is 25.3 Å². The summed E-state index contributed by atoms with van der Waals surface area (Å²) in [5, 5.41) is 0. The standard InChI is InChI=1S/C18H22N2O2/c1-3-13-7-9-17(21)19-18(13)14-6-8-15(16(12-14)22-2)20-10-4-5-11-20/h6-9,12H,3-5,10-11H2,1-2H3,(H,19,21). The summed E-state index contributed by atoms with van der Waals surface area (Å²) in [6, 6.07) is 9.68. The Kier molecular flexibility index (Phi) is 4.18. The maximum atomic E-state index is 11.7. The minimum absolute atomic E-state index is 0.0743. The van der Waals surface area contributed by atoms with E-state index >= 15 is 0 Å². The summed E-state index contributed by atoms with van der Waals surface area (Å²) in [7, 11) is 1.70. The Hall–Kier alpha value is -2.23. The zero-order valence-electron chi connectivity index (χ0n) is 13.2. The molecule has 4 nitrogen and oxygen atoms in total. The number of rotatable bonds is 4. The average molecular weight is 298 g/mol. The molecular formula is C18H22N2O2. The Morgan fingerprint density at radius 3 is 2.64 bits per heavy atom. The lowest BCUT2D eigenvalue weighted by atomic mass is 10.0. The third kappa shape index (κ3) is 2.73. The molecule has 1 fully saturated rings. The molecule has 0 bridgehead atoms. The molecule has 0 aliphatic carbocycles. The van der Waals surface area contributed by atoms with Crippen LogP contribution in [0.15, 0.2) is 35.1 Å². The van der Waals surface area contributed by atoms with Crippen LogP contribution >= 0.6 is 0 Å². The summed E-state index contributed by atoms with van der Waals surface area (Å²) in [5.74, 6) is 0.867. The second-order valence-electron chi connectivity index (χ2n) is 5.66. The monoisotopic (exact) mass is 298 g/mol. The first kappa shape index (κ1) is 14.7.